The Morgan fingerprint density at radius 2 is 1.63 bits per heavy atom. The van der Waals surface area contributed by atoms with Gasteiger partial charge in [0.05, 0.1) is 35.8 Å². The number of nitriles is 1. The SMILES string of the molecule is COC(=O)c1ccc(NC(=O)C2CC2C(=O)Nc2ccccc2C#N)cc1. The van der Waals surface area contributed by atoms with Gasteiger partial charge in [0.2, 0.25) is 11.8 Å². The minimum atomic E-state index is -0.454. The fraction of sp³-hybridized carbons (Fsp3) is 0.200. The highest BCUT2D eigenvalue weighted by Gasteiger charge is 2.48. The number of benzene rings is 2. The van der Waals surface area contributed by atoms with Crippen molar-refractivity contribution in [2.45, 2.75) is 6.42 Å². The number of rotatable bonds is 5. The van der Waals surface area contributed by atoms with E-state index >= 15 is 0 Å². The second kappa shape index (κ2) is 7.70. The monoisotopic (exact) mass is 363 g/mol. The van der Waals surface area contributed by atoms with Gasteiger partial charge in [0, 0.05) is 5.69 Å². The zero-order valence-electron chi connectivity index (χ0n) is 14.6. The zero-order chi connectivity index (χ0) is 19.4. The van der Waals surface area contributed by atoms with Crippen molar-refractivity contribution in [3.63, 3.8) is 0 Å². The van der Waals surface area contributed by atoms with Crippen molar-refractivity contribution in [3.8, 4) is 6.07 Å². The summed E-state index contributed by atoms with van der Waals surface area (Å²) in [5, 5.41) is 14.5. The molecule has 7 heteroatoms. The third-order valence-electron chi connectivity index (χ3n) is 4.34. The first-order chi connectivity index (χ1) is 13.0. The Kier molecular flexibility index (Phi) is 5.18. The number of para-hydroxylation sites is 1. The van der Waals surface area contributed by atoms with Crippen LogP contribution in [0.2, 0.25) is 0 Å². The lowest BCUT2D eigenvalue weighted by Gasteiger charge is -2.07. The third kappa shape index (κ3) is 4.12. The van der Waals surface area contributed by atoms with Crippen LogP contribution in [-0.2, 0) is 14.3 Å². The average Bonchev–Trinajstić information content (AvgIpc) is 3.49. The Morgan fingerprint density at radius 3 is 2.26 bits per heavy atom. The molecule has 1 saturated carbocycles. The van der Waals surface area contributed by atoms with Crippen molar-refractivity contribution in [1.29, 1.82) is 5.26 Å². The summed E-state index contributed by atoms with van der Waals surface area (Å²) in [5.41, 5.74) is 1.73. The van der Waals surface area contributed by atoms with Crippen LogP contribution < -0.4 is 10.6 Å². The van der Waals surface area contributed by atoms with Gasteiger partial charge < -0.3 is 15.4 Å². The molecule has 2 atom stereocenters. The zero-order valence-corrected chi connectivity index (χ0v) is 14.6. The van der Waals surface area contributed by atoms with E-state index in [0.29, 0.717) is 28.9 Å². The molecule has 0 radical (unpaired) electrons. The highest BCUT2D eigenvalue weighted by molar-refractivity contribution is 6.03. The Hall–Kier alpha value is -3.66. The summed E-state index contributed by atoms with van der Waals surface area (Å²) in [7, 11) is 1.30. The number of amides is 2. The molecular formula is C20H17N3O4. The second-order valence-electron chi connectivity index (χ2n) is 6.15. The van der Waals surface area contributed by atoms with Crippen LogP contribution in [0.25, 0.3) is 0 Å². The summed E-state index contributed by atoms with van der Waals surface area (Å²) < 4.78 is 4.62. The number of nitrogens with one attached hydrogen (secondary N) is 2. The minimum Gasteiger partial charge on any atom is -0.465 e. The molecular weight excluding hydrogens is 346 g/mol. The molecule has 2 unspecified atom stereocenters. The number of methoxy groups -OCH3 is 1. The number of carbonyl (C=O) groups excluding carboxylic acids is 3. The first-order valence-electron chi connectivity index (χ1n) is 8.32. The largest absolute Gasteiger partial charge is 0.465 e. The van der Waals surface area contributed by atoms with Gasteiger partial charge in [0.25, 0.3) is 0 Å². The fourth-order valence-corrected chi connectivity index (χ4v) is 2.73. The fourth-order valence-electron chi connectivity index (χ4n) is 2.73. The van der Waals surface area contributed by atoms with Gasteiger partial charge in [-0.15, -0.1) is 0 Å². The van der Waals surface area contributed by atoms with Gasteiger partial charge in [-0.2, -0.15) is 5.26 Å². The normalized spacial score (nSPS) is 17.3. The van der Waals surface area contributed by atoms with Crippen LogP contribution in [0.1, 0.15) is 22.3 Å². The van der Waals surface area contributed by atoms with Crippen molar-refractivity contribution in [2.75, 3.05) is 17.7 Å². The maximum Gasteiger partial charge on any atom is 0.337 e. The van der Waals surface area contributed by atoms with Crippen LogP contribution in [0.5, 0.6) is 0 Å². The van der Waals surface area contributed by atoms with Gasteiger partial charge in [0.15, 0.2) is 0 Å². The second-order valence-corrected chi connectivity index (χ2v) is 6.15. The van der Waals surface area contributed by atoms with E-state index < -0.39 is 17.8 Å². The van der Waals surface area contributed by atoms with Crippen molar-refractivity contribution in [1.82, 2.24) is 0 Å². The van der Waals surface area contributed by atoms with E-state index in [2.05, 4.69) is 15.4 Å². The number of hydrogen-bond acceptors (Lipinski definition) is 5. The lowest BCUT2D eigenvalue weighted by molar-refractivity contribution is -0.122. The molecule has 136 valence electrons. The van der Waals surface area contributed by atoms with Crippen LogP contribution in [0.3, 0.4) is 0 Å². The molecule has 7 nitrogen and oxygen atoms in total. The Labute approximate surface area is 155 Å². The molecule has 0 heterocycles. The Bertz CT molecular complexity index is 931. The van der Waals surface area contributed by atoms with E-state index in [0.717, 1.165) is 0 Å². The summed E-state index contributed by atoms with van der Waals surface area (Å²) in [6.45, 7) is 0. The molecule has 1 fully saturated rings. The predicted molar refractivity (Wildman–Crippen MR) is 97.8 cm³/mol. The minimum absolute atomic E-state index is 0.255. The summed E-state index contributed by atoms with van der Waals surface area (Å²) in [6, 6.07) is 15.0. The van der Waals surface area contributed by atoms with Gasteiger partial charge in [-0.1, -0.05) is 12.1 Å². The molecule has 0 saturated heterocycles. The van der Waals surface area contributed by atoms with Crippen molar-refractivity contribution >= 4 is 29.2 Å². The standard InChI is InChI=1S/C20H17N3O4/c1-27-20(26)12-6-8-14(9-7-12)22-18(24)15-10-16(15)19(25)23-17-5-3-2-4-13(17)11-21/h2-9,15-16H,10H2,1H3,(H,22,24)(H,23,25). The van der Waals surface area contributed by atoms with E-state index in [4.69, 9.17) is 5.26 Å². The molecule has 27 heavy (non-hydrogen) atoms. The first kappa shape index (κ1) is 18.1. The number of esters is 1. The van der Waals surface area contributed by atoms with Crippen LogP contribution in [0.4, 0.5) is 11.4 Å². The van der Waals surface area contributed by atoms with E-state index in [9.17, 15) is 14.4 Å². The lowest BCUT2D eigenvalue weighted by atomic mass is 10.2. The van der Waals surface area contributed by atoms with Crippen LogP contribution in [0.15, 0.2) is 48.5 Å². The van der Waals surface area contributed by atoms with E-state index in [1.807, 2.05) is 6.07 Å². The summed E-state index contributed by atoms with van der Waals surface area (Å²) >= 11 is 0. The highest BCUT2D eigenvalue weighted by atomic mass is 16.5. The Morgan fingerprint density at radius 1 is 1.00 bits per heavy atom. The molecule has 2 amide bonds. The molecule has 2 aromatic carbocycles. The van der Waals surface area contributed by atoms with Gasteiger partial charge in [-0.3, -0.25) is 9.59 Å². The summed E-state index contributed by atoms with van der Waals surface area (Å²) in [5.74, 6) is -1.83. The molecule has 3 rings (SSSR count). The summed E-state index contributed by atoms with van der Waals surface area (Å²) in [4.78, 5) is 36.0. The number of ether oxygens (including phenoxy) is 1. The highest BCUT2D eigenvalue weighted by Crippen LogP contribution is 2.40. The quantitative estimate of drug-likeness (QED) is 0.794. The van der Waals surface area contributed by atoms with Gasteiger partial charge in [-0.05, 0) is 42.8 Å². The number of carbonyl (C=O) groups is 3. The molecule has 0 aliphatic heterocycles. The van der Waals surface area contributed by atoms with Crippen molar-refractivity contribution in [3.05, 3.63) is 59.7 Å². The first-order valence-corrected chi connectivity index (χ1v) is 8.32. The van der Waals surface area contributed by atoms with Gasteiger partial charge >= 0.3 is 5.97 Å². The van der Waals surface area contributed by atoms with E-state index in [1.54, 1.807) is 48.5 Å². The maximum atomic E-state index is 12.3. The molecule has 0 spiro atoms. The van der Waals surface area contributed by atoms with Crippen LogP contribution in [0, 0.1) is 23.2 Å². The molecule has 2 aromatic rings. The van der Waals surface area contributed by atoms with Crippen LogP contribution in [-0.4, -0.2) is 24.9 Å². The lowest BCUT2D eigenvalue weighted by Crippen LogP contribution is -2.21. The molecule has 0 bridgehead atoms. The number of anilines is 2. The van der Waals surface area contributed by atoms with Gasteiger partial charge in [-0.25, -0.2) is 4.79 Å². The van der Waals surface area contributed by atoms with Gasteiger partial charge in [0.1, 0.15) is 6.07 Å². The van der Waals surface area contributed by atoms with Crippen LogP contribution >= 0.6 is 0 Å². The maximum absolute atomic E-state index is 12.3. The van der Waals surface area contributed by atoms with E-state index in [1.165, 1.54) is 7.11 Å². The third-order valence-corrected chi connectivity index (χ3v) is 4.34. The molecule has 1 aliphatic rings. The predicted octanol–water partition coefficient (Wildman–Crippen LogP) is 2.56. The molecule has 1 aliphatic carbocycles. The number of hydrogen-bond donors (Lipinski definition) is 2. The van der Waals surface area contributed by atoms with E-state index in [-0.39, 0.29) is 11.8 Å². The number of nitrogens with zero attached hydrogens (tertiary/aromatic N) is 1. The smallest absolute Gasteiger partial charge is 0.337 e. The summed E-state index contributed by atoms with van der Waals surface area (Å²) in [6.07, 6.45) is 0.451. The Balaban J connectivity index is 1.56. The molecule has 2 N–H and O–H groups in total. The van der Waals surface area contributed by atoms with Crippen molar-refractivity contribution in [2.24, 2.45) is 11.8 Å². The van der Waals surface area contributed by atoms with Crippen molar-refractivity contribution < 1.29 is 19.1 Å². The average molecular weight is 363 g/mol. The topological polar surface area (TPSA) is 108 Å². The molecule has 0 aromatic heterocycles.